The van der Waals surface area contributed by atoms with Crippen molar-refractivity contribution < 1.29 is 9.90 Å². The Morgan fingerprint density at radius 3 is 2.53 bits per heavy atom. The highest BCUT2D eigenvalue weighted by Gasteiger charge is 2.19. The Kier molecular flexibility index (Phi) is 6.41. The second kappa shape index (κ2) is 7.69. The van der Waals surface area contributed by atoms with E-state index >= 15 is 0 Å². The quantitative estimate of drug-likeness (QED) is 0.548. The second-order valence-electron chi connectivity index (χ2n) is 4.54. The normalized spacial score (nSPS) is 15.5. The highest BCUT2D eigenvalue weighted by Crippen LogP contribution is 2.33. The highest BCUT2D eigenvalue weighted by atomic mass is 16.4. The first-order chi connectivity index (χ1) is 7.29. The van der Waals surface area contributed by atoms with Gasteiger partial charge in [0, 0.05) is 6.42 Å². The van der Waals surface area contributed by atoms with Crippen LogP contribution >= 0.6 is 0 Å². The van der Waals surface area contributed by atoms with Gasteiger partial charge in [0.15, 0.2) is 0 Å². The third-order valence-corrected chi connectivity index (χ3v) is 2.91. The van der Waals surface area contributed by atoms with Gasteiger partial charge in [-0.25, -0.2) is 0 Å². The molecule has 88 valence electrons. The standard InChI is InChI=1S/C12H23NO2/c14-12(15)6-2-1-3-9-13-10-4-5-11-7-8-11/h11,13H,1-10H2,(H,14,15). The van der Waals surface area contributed by atoms with Gasteiger partial charge in [-0.05, 0) is 44.7 Å². The van der Waals surface area contributed by atoms with Crippen LogP contribution < -0.4 is 5.32 Å². The molecule has 0 heterocycles. The van der Waals surface area contributed by atoms with Crippen LogP contribution in [0.2, 0.25) is 0 Å². The summed E-state index contributed by atoms with van der Waals surface area (Å²) < 4.78 is 0. The Morgan fingerprint density at radius 1 is 1.13 bits per heavy atom. The molecule has 0 aromatic heterocycles. The molecule has 3 nitrogen and oxygen atoms in total. The molecule has 1 aliphatic rings. The number of hydrogen-bond acceptors (Lipinski definition) is 2. The summed E-state index contributed by atoms with van der Waals surface area (Å²) in [5.74, 6) is 0.370. The van der Waals surface area contributed by atoms with E-state index in [1.54, 1.807) is 0 Å². The van der Waals surface area contributed by atoms with Gasteiger partial charge in [-0.2, -0.15) is 0 Å². The number of unbranched alkanes of at least 4 members (excludes halogenated alkanes) is 2. The Bertz CT molecular complexity index is 178. The van der Waals surface area contributed by atoms with Crippen molar-refractivity contribution in [3.05, 3.63) is 0 Å². The zero-order valence-electron chi connectivity index (χ0n) is 9.50. The number of rotatable bonds is 10. The summed E-state index contributed by atoms with van der Waals surface area (Å²) in [7, 11) is 0. The number of nitrogens with one attached hydrogen (secondary N) is 1. The predicted octanol–water partition coefficient (Wildman–Crippen LogP) is 2.41. The molecule has 0 amide bonds. The van der Waals surface area contributed by atoms with Crippen LogP contribution in [0.4, 0.5) is 0 Å². The van der Waals surface area contributed by atoms with E-state index in [-0.39, 0.29) is 0 Å². The van der Waals surface area contributed by atoms with Crippen molar-refractivity contribution >= 4 is 5.97 Å². The molecule has 0 radical (unpaired) electrons. The topological polar surface area (TPSA) is 49.3 Å². The molecule has 0 spiro atoms. The van der Waals surface area contributed by atoms with Crippen molar-refractivity contribution in [2.24, 2.45) is 5.92 Å². The van der Waals surface area contributed by atoms with Crippen molar-refractivity contribution in [1.82, 2.24) is 5.32 Å². The fourth-order valence-corrected chi connectivity index (χ4v) is 1.75. The van der Waals surface area contributed by atoms with Gasteiger partial charge in [0.2, 0.25) is 0 Å². The van der Waals surface area contributed by atoms with Gasteiger partial charge in [-0.3, -0.25) is 4.79 Å². The van der Waals surface area contributed by atoms with Crippen LogP contribution in [0.1, 0.15) is 51.4 Å². The summed E-state index contributed by atoms with van der Waals surface area (Å²) in [5.41, 5.74) is 0. The molecule has 0 aromatic rings. The zero-order valence-corrected chi connectivity index (χ0v) is 9.50. The zero-order chi connectivity index (χ0) is 10.9. The molecule has 1 fully saturated rings. The van der Waals surface area contributed by atoms with Crippen molar-refractivity contribution in [2.45, 2.75) is 51.4 Å². The summed E-state index contributed by atoms with van der Waals surface area (Å²) in [6.45, 7) is 2.18. The lowest BCUT2D eigenvalue weighted by atomic mass is 10.2. The summed E-state index contributed by atoms with van der Waals surface area (Å²) in [4.78, 5) is 10.2. The third kappa shape index (κ3) is 8.43. The fourth-order valence-electron chi connectivity index (χ4n) is 1.75. The predicted molar refractivity (Wildman–Crippen MR) is 60.9 cm³/mol. The number of carboxylic acids is 1. The first kappa shape index (κ1) is 12.5. The van der Waals surface area contributed by atoms with Crippen LogP contribution in [-0.2, 0) is 4.79 Å². The smallest absolute Gasteiger partial charge is 0.303 e. The molecule has 1 saturated carbocycles. The van der Waals surface area contributed by atoms with E-state index in [2.05, 4.69) is 5.32 Å². The Labute approximate surface area is 92.3 Å². The van der Waals surface area contributed by atoms with E-state index in [0.717, 1.165) is 38.3 Å². The van der Waals surface area contributed by atoms with Crippen molar-refractivity contribution in [2.75, 3.05) is 13.1 Å². The van der Waals surface area contributed by atoms with E-state index in [1.807, 2.05) is 0 Å². The van der Waals surface area contributed by atoms with Gasteiger partial charge in [-0.15, -0.1) is 0 Å². The van der Waals surface area contributed by atoms with Gasteiger partial charge >= 0.3 is 5.97 Å². The van der Waals surface area contributed by atoms with Gasteiger partial charge in [0.05, 0.1) is 0 Å². The third-order valence-electron chi connectivity index (χ3n) is 2.91. The summed E-state index contributed by atoms with van der Waals surface area (Å²) in [6.07, 6.45) is 8.88. The molecule has 0 atom stereocenters. The van der Waals surface area contributed by atoms with Gasteiger partial charge < -0.3 is 10.4 Å². The summed E-state index contributed by atoms with van der Waals surface area (Å²) in [6, 6.07) is 0. The lowest BCUT2D eigenvalue weighted by Gasteiger charge is -2.03. The maximum absolute atomic E-state index is 10.2. The lowest BCUT2D eigenvalue weighted by Crippen LogP contribution is -2.16. The monoisotopic (exact) mass is 213 g/mol. The average Bonchev–Trinajstić information content (AvgIpc) is 2.98. The van der Waals surface area contributed by atoms with Gasteiger partial charge in [0.1, 0.15) is 0 Å². The minimum Gasteiger partial charge on any atom is -0.481 e. The summed E-state index contributed by atoms with van der Waals surface area (Å²) >= 11 is 0. The van der Waals surface area contributed by atoms with Crippen molar-refractivity contribution in [3.63, 3.8) is 0 Å². The minimum absolute atomic E-state index is 0.321. The molecule has 0 unspecified atom stereocenters. The lowest BCUT2D eigenvalue weighted by molar-refractivity contribution is -0.137. The van der Waals surface area contributed by atoms with Crippen LogP contribution in [0.15, 0.2) is 0 Å². The molecule has 0 bridgehead atoms. The second-order valence-corrected chi connectivity index (χ2v) is 4.54. The largest absolute Gasteiger partial charge is 0.481 e. The number of aliphatic carboxylic acids is 1. The molecule has 1 rings (SSSR count). The summed E-state index contributed by atoms with van der Waals surface area (Å²) in [5, 5.41) is 11.8. The van der Waals surface area contributed by atoms with Crippen LogP contribution in [0, 0.1) is 5.92 Å². The van der Waals surface area contributed by atoms with E-state index in [0.29, 0.717) is 6.42 Å². The molecule has 0 aromatic carbocycles. The van der Waals surface area contributed by atoms with Crippen LogP contribution in [0.3, 0.4) is 0 Å². The average molecular weight is 213 g/mol. The van der Waals surface area contributed by atoms with Gasteiger partial charge in [-0.1, -0.05) is 19.3 Å². The first-order valence-electron chi connectivity index (χ1n) is 6.21. The Hall–Kier alpha value is -0.570. The Balaban J connectivity index is 1.67. The Morgan fingerprint density at radius 2 is 1.87 bits per heavy atom. The first-order valence-corrected chi connectivity index (χ1v) is 6.21. The SMILES string of the molecule is O=C(O)CCCCCNCCCC1CC1. The maximum atomic E-state index is 10.2. The van der Waals surface area contributed by atoms with E-state index in [1.165, 1.54) is 25.7 Å². The minimum atomic E-state index is -0.674. The number of carboxylic acid groups (broad SMARTS) is 1. The molecular formula is C12H23NO2. The highest BCUT2D eigenvalue weighted by molar-refractivity contribution is 5.66. The van der Waals surface area contributed by atoms with Crippen molar-refractivity contribution in [3.8, 4) is 0 Å². The maximum Gasteiger partial charge on any atom is 0.303 e. The van der Waals surface area contributed by atoms with Gasteiger partial charge in [0.25, 0.3) is 0 Å². The molecule has 3 heteroatoms. The molecule has 15 heavy (non-hydrogen) atoms. The van der Waals surface area contributed by atoms with E-state index in [9.17, 15) is 4.79 Å². The number of carbonyl (C=O) groups is 1. The van der Waals surface area contributed by atoms with E-state index < -0.39 is 5.97 Å². The number of hydrogen-bond donors (Lipinski definition) is 2. The fraction of sp³-hybridized carbons (Fsp3) is 0.917. The molecule has 0 saturated heterocycles. The van der Waals surface area contributed by atoms with Crippen LogP contribution in [0.5, 0.6) is 0 Å². The molecule has 2 N–H and O–H groups in total. The van der Waals surface area contributed by atoms with E-state index in [4.69, 9.17) is 5.11 Å². The molecular weight excluding hydrogens is 190 g/mol. The molecule has 0 aliphatic heterocycles. The molecule has 1 aliphatic carbocycles. The van der Waals surface area contributed by atoms with Crippen molar-refractivity contribution in [1.29, 1.82) is 0 Å². The van der Waals surface area contributed by atoms with Crippen LogP contribution in [-0.4, -0.2) is 24.2 Å². The van der Waals surface area contributed by atoms with Crippen LogP contribution in [0.25, 0.3) is 0 Å².